The molecule has 0 radical (unpaired) electrons. The van der Waals surface area contributed by atoms with Gasteiger partial charge in [0.05, 0.1) is 12.2 Å². The number of hydrogen-bond acceptors (Lipinski definition) is 4. The van der Waals surface area contributed by atoms with Crippen molar-refractivity contribution in [3.63, 3.8) is 0 Å². The van der Waals surface area contributed by atoms with E-state index in [4.69, 9.17) is 0 Å². The monoisotopic (exact) mass is 287 g/mol. The molecule has 1 aromatic carbocycles. The number of carboxylic acids is 1. The first-order valence-electron chi connectivity index (χ1n) is 6.93. The van der Waals surface area contributed by atoms with Gasteiger partial charge in [0.25, 0.3) is 0 Å². The van der Waals surface area contributed by atoms with Gasteiger partial charge in [-0.05, 0) is 25.3 Å². The minimum atomic E-state index is -1.13. The zero-order valence-electron chi connectivity index (χ0n) is 11.7. The molecular formula is C15H17N3O3. The fourth-order valence-electron chi connectivity index (χ4n) is 2.53. The van der Waals surface area contributed by atoms with E-state index in [-0.39, 0.29) is 18.2 Å². The summed E-state index contributed by atoms with van der Waals surface area (Å²) in [7, 11) is 0. The Morgan fingerprint density at radius 2 is 2.05 bits per heavy atom. The molecule has 1 saturated carbocycles. The number of hydrogen-bond donors (Lipinski definition) is 2. The van der Waals surface area contributed by atoms with Crippen LogP contribution < -0.4 is 0 Å². The molecule has 2 N–H and O–H groups in total. The second-order valence-electron chi connectivity index (χ2n) is 5.70. The topological polar surface area (TPSA) is 88.2 Å². The Labute approximate surface area is 122 Å². The second-order valence-corrected chi connectivity index (χ2v) is 5.70. The summed E-state index contributed by atoms with van der Waals surface area (Å²) in [6.45, 7) is 1.88. The van der Waals surface area contributed by atoms with Gasteiger partial charge >= 0.3 is 5.97 Å². The van der Waals surface area contributed by atoms with Crippen LogP contribution in [0.2, 0.25) is 0 Å². The number of benzene rings is 1. The van der Waals surface area contributed by atoms with E-state index in [9.17, 15) is 15.0 Å². The van der Waals surface area contributed by atoms with E-state index in [1.54, 1.807) is 6.92 Å². The van der Waals surface area contributed by atoms with E-state index < -0.39 is 11.6 Å². The largest absolute Gasteiger partial charge is 0.476 e. The number of rotatable bonds is 5. The molecular weight excluding hydrogens is 270 g/mol. The summed E-state index contributed by atoms with van der Waals surface area (Å²) >= 11 is 0. The van der Waals surface area contributed by atoms with Crippen molar-refractivity contribution in [2.75, 3.05) is 0 Å². The molecule has 1 atom stereocenters. The maximum atomic E-state index is 11.2. The van der Waals surface area contributed by atoms with Crippen LogP contribution in [0.15, 0.2) is 30.3 Å². The van der Waals surface area contributed by atoms with Crippen molar-refractivity contribution in [2.45, 2.75) is 37.8 Å². The van der Waals surface area contributed by atoms with Crippen LogP contribution in [0.1, 0.15) is 47.4 Å². The molecule has 2 aromatic rings. The smallest absolute Gasteiger partial charge is 0.358 e. The van der Waals surface area contributed by atoms with Crippen LogP contribution in [0.5, 0.6) is 0 Å². The fourth-order valence-corrected chi connectivity index (χ4v) is 2.53. The molecule has 21 heavy (non-hydrogen) atoms. The number of nitrogens with zero attached hydrogens (tertiary/aromatic N) is 3. The van der Waals surface area contributed by atoms with Crippen LogP contribution in [-0.4, -0.2) is 31.2 Å². The average Bonchev–Trinajstić information content (AvgIpc) is 3.21. The molecule has 3 rings (SSSR count). The lowest BCUT2D eigenvalue weighted by Crippen LogP contribution is -2.29. The highest BCUT2D eigenvalue weighted by Crippen LogP contribution is 2.41. The van der Waals surface area contributed by atoms with Gasteiger partial charge in [-0.1, -0.05) is 35.5 Å². The third-order valence-electron chi connectivity index (χ3n) is 3.79. The molecule has 1 aliphatic carbocycles. The minimum Gasteiger partial charge on any atom is -0.476 e. The Hall–Kier alpha value is -2.21. The van der Waals surface area contributed by atoms with Gasteiger partial charge in [-0.15, -0.1) is 5.10 Å². The Morgan fingerprint density at radius 1 is 1.38 bits per heavy atom. The van der Waals surface area contributed by atoms with Crippen molar-refractivity contribution >= 4 is 5.97 Å². The number of carbonyl (C=O) groups is 1. The molecule has 0 spiro atoms. The first kappa shape index (κ1) is 13.8. The van der Waals surface area contributed by atoms with Gasteiger partial charge in [-0.2, -0.15) is 0 Å². The van der Waals surface area contributed by atoms with Crippen molar-refractivity contribution in [1.29, 1.82) is 0 Å². The second kappa shape index (κ2) is 4.96. The number of aromatic nitrogens is 3. The first-order valence-corrected chi connectivity index (χ1v) is 6.93. The third kappa shape index (κ3) is 2.67. The van der Waals surface area contributed by atoms with Gasteiger partial charge in [-0.25, -0.2) is 9.48 Å². The lowest BCUT2D eigenvalue weighted by molar-refractivity contribution is 0.0331. The third-order valence-corrected chi connectivity index (χ3v) is 3.79. The van der Waals surface area contributed by atoms with Gasteiger partial charge in [0.2, 0.25) is 0 Å². The molecule has 110 valence electrons. The average molecular weight is 287 g/mol. The molecule has 0 bridgehead atoms. The van der Waals surface area contributed by atoms with Gasteiger partial charge in [-0.3, -0.25) is 0 Å². The number of aliphatic hydroxyl groups is 1. The van der Waals surface area contributed by atoms with E-state index in [2.05, 4.69) is 10.3 Å². The molecule has 6 heteroatoms. The van der Waals surface area contributed by atoms with Gasteiger partial charge in [0, 0.05) is 5.92 Å². The van der Waals surface area contributed by atoms with Crippen LogP contribution >= 0.6 is 0 Å². The van der Waals surface area contributed by atoms with E-state index in [1.807, 2.05) is 30.3 Å². The molecule has 1 unspecified atom stereocenters. The van der Waals surface area contributed by atoms with Crippen LogP contribution in [0, 0.1) is 0 Å². The summed E-state index contributed by atoms with van der Waals surface area (Å²) in [5, 5.41) is 27.6. The van der Waals surface area contributed by atoms with Gasteiger partial charge < -0.3 is 10.2 Å². The predicted octanol–water partition coefficient (Wildman–Crippen LogP) is 1.76. The van der Waals surface area contributed by atoms with Crippen molar-refractivity contribution < 1.29 is 15.0 Å². The molecule has 0 amide bonds. The number of aromatic carboxylic acids is 1. The lowest BCUT2D eigenvalue weighted by Gasteiger charge is -2.24. The van der Waals surface area contributed by atoms with Crippen LogP contribution in [0.3, 0.4) is 0 Å². The normalized spacial score (nSPS) is 17.4. The maximum absolute atomic E-state index is 11.2. The summed E-state index contributed by atoms with van der Waals surface area (Å²) in [6.07, 6.45) is 1.89. The maximum Gasteiger partial charge on any atom is 0.358 e. The molecule has 1 aromatic heterocycles. The summed E-state index contributed by atoms with van der Waals surface area (Å²) in [5.41, 5.74) is 0.258. The van der Waals surface area contributed by atoms with Crippen LogP contribution in [-0.2, 0) is 12.1 Å². The summed E-state index contributed by atoms with van der Waals surface area (Å²) < 4.78 is 1.54. The molecule has 1 fully saturated rings. The Balaban J connectivity index is 1.93. The molecule has 1 heterocycles. The van der Waals surface area contributed by atoms with Crippen molar-refractivity contribution in [1.82, 2.24) is 15.0 Å². The molecule has 6 nitrogen and oxygen atoms in total. The summed E-state index contributed by atoms with van der Waals surface area (Å²) in [4.78, 5) is 11.2. The lowest BCUT2D eigenvalue weighted by atomic mass is 9.96. The molecule has 0 saturated heterocycles. The molecule has 0 aliphatic heterocycles. The van der Waals surface area contributed by atoms with E-state index >= 15 is 0 Å². The van der Waals surface area contributed by atoms with Crippen molar-refractivity contribution in [2.24, 2.45) is 0 Å². The van der Waals surface area contributed by atoms with Gasteiger partial charge in [0.15, 0.2) is 5.69 Å². The SMILES string of the molecule is CC(O)(Cn1nnc(C(=O)O)c1C1CC1)c1ccccc1. The predicted molar refractivity (Wildman–Crippen MR) is 75.0 cm³/mol. The highest BCUT2D eigenvalue weighted by molar-refractivity contribution is 5.86. The van der Waals surface area contributed by atoms with Crippen molar-refractivity contribution in [3.8, 4) is 0 Å². The standard InChI is InChI=1S/C15H17N3O3/c1-15(21,11-5-3-2-4-6-11)9-18-13(10-7-8-10)12(14(19)20)16-17-18/h2-6,10,21H,7-9H2,1H3,(H,19,20). The Bertz CT molecular complexity index is 660. The zero-order chi connectivity index (χ0) is 15.0. The highest BCUT2D eigenvalue weighted by Gasteiger charge is 2.36. The highest BCUT2D eigenvalue weighted by atomic mass is 16.4. The van der Waals surface area contributed by atoms with Crippen LogP contribution in [0.25, 0.3) is 0 Å². The quantitative estimate of drug-likeness (QED) is 0.874. The summed E-state index contributed by atoms with van der Waals surface area (Å²) in [6, 6.07) is 9.27. The van der Waals surface area contributed by atoms with E-state index in [1.165, 1.54) is 4.68 Å². The van der Waals surface area contributed by atoms with Gasteiger partial charge in [0.1, 0.15) is 5.60 Å². The van der Waals surface area contributed by atoms with Crippen LogP contribution in [0.4, 0.5) is 0 Å². The van der Waals surface area contributed by atoms with E-state index in [0.717, 1.165) is 18.4 Å². The summed E-state index contributed by atoms with van der Waals surface area (Å²) in [5.74, 6) is -0.875. The minimum absolute atomic E-state index is 0.00126. The Kier molecular flexibility index (Phi) is 3.25. The van der Waals surface area contributed by atoms with E-state index in [0.29, 0.717) is 5.69 Å². The zero-order valence-corrected chi connectivity index (χ0v) is 11.7. The van der Waals surface area contributed by atoms with Crippen molar-refractivity contribution in [3.05, 3.63) is 47.3 Å². The Morgan fingerprint density at radius 3 is 2.62 bits per heavy atom. The number of carboxylic acid groups (broad SMARTS) is 1. The fraction of sp³-hybridized carbons (Fsp3) is 0.400. The molecule has 1 aliphatic rings. The first-order chi connectivity index (χ1) is 9.99.